The van der Waals surface area contributed by atoms with E-state index >= 15 is 0 Å². The van der Waals surface area contributed by atoms with Crippen LogP contribution in [0.25, 0.3) is 0 Å². The van der Waals surface area contributed by atoms with Crippen LogP contribution in [0, 0.1) is 0 Å². The molecule has 0 spiro atoms. The maximum absolute atomic E-state index is 12.5. The summed E-state index contributed by atoms with van der Waals surface area (Å²) in [5.74, 6) is -1.84. The van der Waals surface area contributed by atoms with E-state index in [0.29, 0.717) is 35.1 Å². The van der Waals surface area contributed by atoms with Crippen molar-refractivity contribution in [1.29, 1.82) is 0 Å². The smallest absolute Gasteiger partial charge is 0.322 e. The van der Waals surface area contributed by atoms with Crippen molar-refractivity contribution in [2.75, 3.05) is 6.54 Å². The topological polar surface area (TPSA) is 101 Å². The van der Waals surface area contributed by atoms with Gasteiger partial charge < -0.3 is 10.4 Å². The molecule has 0 fully saturated rings. The number of hydrogen-bond donors (Lipinski definition) is 2. The van der Waals surface area contributed by atoms with Crippen LogP contribution in [0.15, 0.2) is 35.4 Å². The molecule has 1 aliphatic carbocycles. The normalized spacial score (nSPS) is 13.8. The lowest BCUT2D eigenvalue weighted by Gasteiger charge is -2.18. The van der Waals surface area contributed by atoms with E-state index in [0.717, 1.165) is 0 Å². The maximum Gasteiger partial charge on any atom is 0.322 e. The molecule has 0 radical (unpaired) electrons. The molecule has 0 bridgehead atoms. The van der Waals surface area contributed by atoms with Gasteiger partial charge in [-0.15, -0.1) is 0 Å². The minimum atomic E-state index is -1.11. The lowest BCUT2D eigenvalue weighted by Crippen LogP contribution is -2.29. The average molecular weight is 315 g/mol. The fourth-order valence-electron chi connectivity index (χ4n) is 2.54. The van der Waals surface area contributed by atoms with Gasteiger partial charge in [0.2, 0.25) is 5.91 Å². The highest BCUT2D eigenvalue weighted by Gasteiger charge is 2.28. The van der Waals surface area contributed by atoms with Crippen LogP contribution < -0.4 is 5.32 Å². The van der Waals surface area contributed by atoms with Crippen molar-refractivity contribution < 1.29 is 24.3 Å². The molecule has 0 saturated carbocycles. The Morgan fingerprint density at radius 3 is 2.30 bits per heavy atom. The fourth-order valence-corrected chi connectivity index (χ4v) is 2.54. The monoisotopic (exact) mass is 315 g/mol. The first-order valence-electron chi connectivity index (χ1n) is 7.28. The van der Waals surface area contributed by atoms with Crippen molar-refractivity contribution >= 4 is 23.4 Å². The average Bonchev–Trinajstić information content (AvgIpc) is 2.54. The lowest BCUT2D eigenvalue weighted by molar-refractivity contribution is -0.137. The van der Waals surface area contributed by atoms with Crippen molar-refractivity contribution in [2.45, 2.75) is 26.2 Å². The highest BCUT2D eigenvalue weighted by Crippen LogP contribution is 2.28. The molecule has 0 atom stereocenters. The summed E-state index contributed by atoms with van der Waals surface area (Å²) < 4.78 is 0. The molecule has 2 N–H and O–H groups in total. The number of ketones is 2. The van der Waals surface area contributed by atoms with E-state index in [1.165, 1.54) is 0 Å². The van der Waals surface area contributed by atoms with Crippen LogP contribution in [0.1, 0.15) is 46.9 Å². The van der Waals surface area contributed by atoms with E-state index in [1.54, 1.807) is 31.2 Å². The van der Waals surface area contributed by atoms with Gasteiger partial charge in [0.05, 0.1) is 0 Å². The number of Topliss-reactive ketones (excluding diaryl/α,β-unsaturated/α-hetero) is 2. The minimum absolute atomic E-state index is 0.104. The van der Waals surface area contributed by atoms with Crippen LogP contribution in [0.4, 0.5) is 0 Å². The van der Waals surface area contributed by atoms with Gasteiger partial charge in [-0.1, -0.05) is 24.3 Å². The molecule has 120 valence electrons. The molecular formula is C17H17NO5. The molecule has 1 aliphatic rings. The standard InChI is InChI=1S/C17H17NO5/c1-10-11(7-4-8-14(19)18-9-15(20)21)17(23)13-6-3-2-5-12(13)16(10)22/h2-3,5-6H,4,7-9H2,1H3,(H,18,19)(H,20,21). The van der Waals surface area contributed by atoms with Crippen LogP contribution in [-0.2, 0) is 9.59 Å². The molecule has 6 nitrogen and oxygen atoms in total. The third-order valence-corrected chi connectivity index (χ3v) is 3.75. The summed E-state index contributed by atoms with van der Waals surface area (Å²) in [5.41, 5.74) is 1.66. The number of carbonyl (C=O) groups is 4. The van der Waals surface area contributed by atoms with E-state index in [1.807, 2.05) is 0 Å². The number of carboxylic acids is 1. The summed E-state index contributed by atoms with van der Waals surface area (Å²) in [6.07, 6.45) is 0.789. The quantitative estimate of drug-likeness (QED) is 0.833. The lowest BCUT2D eigenvalue weighted by atomic mass is 9.83. The summed E-state index contributed by atoms with van der Waals surface area (Å²) in [6, 6.07) is 6.69. The van der Waals surface area contributed by atoms with Crippen molar-refractivity contribution in [2.24, 2.45) is 0 Å². The molecule has 1 aromatic carbocycles. The molecular weight excluding hydrogens is 298 g/mol. The third-order valence-electron chi connectivity index (χ3n) is 3.75. The number of allylic oxidation sites excluding steroid dienone is 2. The van der Waals surface area contributed by atoms with Gasteiger partial charge in [-0.2, -0.15) is 0 Å². The second-order valence-electron chi connectivity index (χ2n) is 5.33. The first kappa shape index (κ1) is 16.6. The Bertz CT molecular complexity index is 717. The molecule has 1 amide bonds. The van der Waals surface area contributed by atoms with Crippen LogP contribution in [0.3, 0.4) is 0 Å². The molecule has 2 rings (SSSR count). The van der Waals surface area contributed by atoms with Gasteiger partial charge in [-0.05, 0) is 19.8 Å². The summed E-state index contributed by atoms with van der Waals surface area (Å²) in [4.78, 5) is 46.6. The molecule has 23 heavy (non-hydrogen) atoms. The fraction of sp³-hybridized carbons (Fsp3) is 0.294. The van der Waals surface area contributed by atoms with Crippen molar-refractivity contribution in [3.05, 3.63) is 46.5 Å². The van der Waals surface area contributed by atoms with E-state index in [4.69, 9.17) is 5.11 Å². The molecule has 6 heteroatoms. The summed E-state index contributed by atoms with van der Waals surface area (Å²) in [7, 11) is 0. The van der Waals surface area contributed by atoms with Gasteiger partial charge in [0.1, 0.15) is 6.54 Å². The van der Waals surface area contributed by atoms with Crippen LogP contribution >= 0.6 is 0 Å². The van der Waals surface area contributed by atoms with Crippen LogP contribution in [0.2, 0.25) is 0 Å². The van der Waals surface area contributed by atoms with Crippen molar-refractivity contribution in [1.82, 2.24) is 5.32 Å². The Balaban J connectivity index is 2.02. The number of nitrogens with one attached hydrogen (secondary N) is 1. The Morgan fingerprint density at radius 2 is 1.70 bits per heavy atom. The van der Waals surface area contributed by atoms with E-state index in [2.05, 4.69) is 5.32 Å². The number of fused-ring (bicyclic) bond motifs is 1. The largest absolute Gasteiger partial charge is 0.480 e. The van der Waals surface area contributed by atoms with Crippen LogP contribution in [0.5, 0.6) is 0 Å². The van der Waals surface area contributed by atoms with Crippen LogP contribution in [-0.4, -0.2) is 35.1 Å². The molecule has 0 aliphatic heterocycles. The zero-order valence-corrected chi connectivity index (χ0v) is 12.7. The van der Waals surface area contributed by atoms with E-state index in [-0.39, 0.29) is 23.9 Å². The summed E-state index contributed by atoms with van der Waals surface area (Å²) >= 11 is 0. The number of carbonyl (C=O) groups excluding carboxylic acids is 3. The Morgan fingerprint density at radius 1 is 1.09 bits per heavy atom. The molecule has 0 heterocycles. The molecule has 0 unspecified atom stereocenters. The maximum atomic E-state index is 12.5. The van der Waals surface area contributed by atoms with Gasteiger partial charge in [-0.25, -0.2) is 0 Å². The number of rotatable bonds is 6. The highest BCUT2D eigenvalue weighted by atomic mass is 16.4. The number of hydrogen-bond acceptors (Lipinski definition) is 4. The highest BCUT2D eigenvalue weighted by molar-refractivity contribution is 6.26. The van der Waals surface area contributed by atoms with Gasteiger partial charge in [0.25, 0.3) is 0 Å². The zero-order valence-electron chi connectivity index (χ0n) is 12.7. The molecule has 0 aromatic heterocycles. The Hall–Kier alpha value is -2.76. The second-order valence-corrected chi connectivity index (χ2v) is 5.33. The first-order chi connectivity index (χ1) is 10.9. The first-order valence-corrected chi connectivity index (χ1v) is 7.28. The van der Waals surface area contributed by atoms with Crippen molar-refractivity contribution in [3.8, 4) is 0 Å². The van der Waals surface area contributed by atoms with Crippen molar-refractivity contribution in [3.63, 3.8) is 0 Å². The summed E-state index contributed by atoms with van der Waals surface area (Å²) in [5, 5.41) is 10.7. The minimum Gasteiger partial charge on any atom is -0.480 e. The zero-order chi connectivity index (χ0) is 17.0. The predicted octanol–water partition coefficient (Wildman–Crippen LogP) is 1.75. The van der Waals surface area contributed by atoms with Gasteiger partial charge in [-0.3, -0.25) is 19.2 Å². The van der Waals surface area contributed by atoms with Gasteiger partial charge in [0.15, 0.2) is 11.6 Å². The molecule has 0 saturated heterocycles. The van der Waals surface area contributed by atoms with E-state index < -0.39 is 12.5 Å². The summed E-state index contributed by atoms with van der Waals surface area (Å²) in [6.45, 7) is 1.20. The van der Waals surface area contributed by atoms with Gasteiger partial charge in [0, 0.05) is 28.7 Å². The number of amides is 1. The Labute approximate surface area is 133 Å². The van der Waals surface area contributed by atoms with Gasteiger partial charge >= 0.3 is 5.97 Å². The molecule has 1 aromatic rings. The number of carboxylic acid groups (broad SMARTS) is 1. The second kappa shape index (κ2) is 7.00. The SMILES string of the molecule is CC1=C(CCCC(=O)NCC(=O)O)C(=O)c2ccccc2C1=O. The number of aliphatic carboxylic acids is 1. The Kier molecular flexibility index (Phi) is 5.05. The number of benzene rings is 1. The van der Waals surface area contributed by atoms with E-state index in [9.17, 15) is 19.2 Å². The predicted molar refractivity (Wildman–Crippen MR) is 82.3 cm³/mol. The third kappa shape index (κ3) is 3.71.